The highest BCUT2D eigenvalue weighted by Gasteiger charge is 2.37. The van der Waals surface area contributed by atoms with Gasteiger partial charge in [-0.15, -0.1) is 0 Å². The third-order valence-electron chi connectivity index (χ3n) is 7.29. The number of carbonyl (C=O) groups is 2. The molecule has 2 heterocycles. The highest BCUT2D eigenvalue weighted by Crippen LogP contribution is 2.40. The molecule has 4 rings (SSSR count). The molecule has 2 bridgehead atoms. The molecule has 0 unspecified atom stereocenters. The summed E-state index contributed by atoms with van der Waals surface area (Å²) in [5.41, 5.74) is 12.1. The Morgan fingerprint density at radius 1 is 1.19 bits per heavy atom. The molecule has 3 N–H and O–H groups in total. The van der Waals surface area contributed by atoms with Crippen LogP contribution in [0.15, 0.2) is 18.2 Å². The second-order valence-electron chi connectivity index (χ2n) is 10.7. The van der Waals surface area contributed by atoms with Gasteiger partial charge in [0.05, 0.1) is 5.56 Å². The monoisotopic (exact) mass is 436 g/mol. The number of benzene rings is 1. The van der Waals surface area contributed by atoms with E-state index in [2.05, 4.69) is 56.5 Å². The number of likely N-dealkylation sites (N-methyl/N-ethyl adjacent to an activating group) is 1. The van der Waals surface area contributed by atoms with E-state index in [9.17, 15) is 9.59 Å². The zero-order chi connectivity index (χ0) is 23.4. The first-order chi connectivity index (χ1) is 15.0. The Balaban J connectivity index is 1.97. The zero-order valence-electron chi connectivity index (χ0n) is 20.2. The van der Waals surface area contributed by atoms with Gasteiger partial charge in [0.1, 0.15) is 0 Å². The SMILES string of the molecule is Cc1c2c(n3c1CCN(C)C[C@@H](C)[C@H](C)Nc1cc-3ccc1C(N)=O)CC(C)(C)CC2=O. The van der Waals surface area contributed by atoms with Crippen LogP contribution in [0.25, 0.3) is 5.69 Å². The van der Waals surface area contributed by atoms with E-state index >= 15 is 0 Å². The molecule has 32 heavy (non-hydrogen) atoms. The van der Waals surface area contributed by atoms with E-state index in [-0.39, 0.29) is 17.2 Å². The minimum absolute atomic E-state index is 0.0791. The fraction of sp³-hybridized carbons (Fsp3) is 0.538. The summed E-state index contributed by atoms with van der Waals surface area (Å²) in [6.45, 7) is 12.7. The van der Waals surface area contributed by atoms with Crippen molar-refractivity contribution in [2.24, 2.45) is 17.1 Å². The van der Waals surface area contributed by atoms with Gasteiger partial charge in [-0.3, -0.25) is 9.59 Å². The van der Waals surface area contributed by atoms with Crippen LogP contribution >= 0.6 is 0 Å². The lowest BCUT2D eigenvalue weighted by molar-refractivity contribution is 0.0909. The largest absolute Gasteiger partial charge is 0.382 e. The van der Waals surface area contributed by atoms with E-state index in [1.54, 1.807) is 0 Å². The van der Waals surface area contributed by atoms with E-state index in [1.165, 1.54) is 5.69 Å². The molecule has 0 saturated carbocycles. The van der Waals surface area contributed by atoms with Gasteiger partial charge in [0, 0.05) is 60.3 Å². The summed E-state index contributed by atoms with van der Waals surface area (Å²) in [5, 5.41) is 3.55. The second kappa shape index (κ2) is 8.07. The van der Waals surface area contributed by atoms with Gasteiger partial charge in [0.15, 0.2) is 5.78 Å². The van der Waals surface area contributed by atoms with Gasteiger partial charge in [0.2, 0.25) is 0 Å². The van der Waals surface area contributed by atoms with Crippen LogP contribution in [0.3, 0.4) is 0 Å². The summed E-state index contributed by atoms with van der Waals surface area (Å²) in [7, 11) is 2.15. The van der Waals surface area contributed by atoms with Gasteiger partial charge in [-0.1, -0.05) is 20.8 Å². The molecule has 0 spiro atoms. The number of primary amides is 1. The van der Waals surface area contributed by atoms with Crippen LogP contribution in [-0.2, 0) is 12.8 Å². The Kier molecular flexibility index (Phi) is 5.70. The highest BCUT2D eigenvalue weighted by molar-refractivity contribution is 6.01. The predicted molar refractivity (Wildman–Crippen MR) is 129 cm³/mol. The van der Waals surface area contributed by atoms with E-state index in [4.69, 9.17) is 5.73 Å². The lowest BCUT2D eigenvalue weighted by Gasteiger charge is -2.31. The standard InChI is InChI=1S/C26H36N4O2/c1-15-14-29(6)10-9-21-16(2)24-22(12-26(4,5)13-23(24)31)30(21)18-7-8-19(25(27)32)20(11-18)28-17(15)3/h7-8,11,15,17,28H,9-10,12-14H2,1-6H3,(H2,27,32)/t15-,17+/m1/s1. The van der Waals surface area contributed by atoms with Crippen molar-refractivity contribution in [2.75, 3.05) is 25.5 Å². The fourth-order valence-electron chi connectivity index (χ4n) is 5.42. The minimum Gasteiger partial charge on any atom is -0.382 e. The number of amides is 1. The summed E-state index contributed by atoms with van der Waals surface area (Å²) in [6.07, 6.45) is 2.29. The number of nitrogens with one attached hydrogen (secondary N) is 1. The minimum atomic E-state index is -0.439. The summed E-state index contributed by atoms with van der Waals surface area (Å²) in [5.74, 6) is 0.179. The number of aromatic nitrogens is 1. The Morgan fingerprint density at radius 3 is 2.59 bits per heavy atom. The highest BCUT2D eigenvalue weighted by atomic mass is 16.1. The third kappa shape index (κ3) is 3.96. The molecule has 0 radical (unpaired) electrons. The maximum Gasteiger partial charge on any atom is 0.250 e. The molecule has 2 aliphatic rings. The third-order valence-corrected chi connectivity index (χ3v) is 7.29. The molecule has 0 fully saturated rings. The first-order valence-corrected chi connectivity index (χ1v) is 11.6. The number of fused-ring (bicyclic) bond motifs is 6. The zero-order valence-corrected chi connectivity index (χ0v) is 20.2. The van der Waals surface area contributed by atoms with Crippen molar-refractivity contribution >= 4 is 17.4 Å². The molecule has 2 aromatic rings. The second-order valence-corrected chi connectivity index (χ2v) is 10.7. The smallest absolute Gasteiger partial charge is 0.250 e. The van der Waals surface area contributed by atoms with E-state index < -0.39 is 5.91 Å². The Hall–Kier alpha value is -2.60. The first-order valence-electron chi connectivity index (χ1n) is 11.6. The molecule has 1 aliphatic carbocycles. The van der Waals surface area contributed by atoms with Gasteiger partial charge in [-0.25, -0.2) is 0 Å². The van der Waals surface area contributed by atoms with Crippen molar-refractivity contribution < 1.29 is 9.59 Å². The molecule has 172 valence electrons. The fourth-order valence-corrected chi connectivity index (χ4v) is 5.42. The molecule has 6 nitrogen and oxygen atoms in total. The maximum atomic E-state index is 13.2. The molecular weight excluding hydrogens is 400 g/mol. The Morgan fingerprint density at radius 2 is 1.91 bits per heavy atom. The lowest BCUT2D eigenvalue weighted by atomic mass is 9.75. The number of Topliss-reactive ketones (excluding diaryl/α,β-unsaturated/α-hetero) is 1. The summed E-state index contributed by atoms with van der Waals surface area (Å²) >= 11 is 0. The van der Waals surface area contributed by atoms with Gasteiger partial charge >= 0.3 is 0 Å². The summed E-state index contributed by atoms with van der Waals surface area (Å²) in [6, 6.07) is 5.98. The Bertz CT molecular complexity index is 1080. The molecule has 2 atom stereocenters. The normalized spacial score (nSPS) is 23.4. The number of nitrogens with zero attached hydrogens (tertiary/aromatic N) is 2. The molecule has 0 saturated heterocycles. The first kappa shape index (κ1) is 22.6. The van der Waals surface area contributed by atoms with E-state index in [0.29, 0.717) is 17.9 Å². The van der Waals surface area contributed by atoms with Crippen LogP contribution in [0.5, 0.6) is 0 Å². The van der Waals surface area contributed by atoms with Crippen LogP contribution in [0.4, 0.5) is 5.69 Å². The van der Waals surface area contributed by atoms with Crippen molar-refractivity contribution in [1.29, 1.82) is 0 Å². The van der Waals surface area contributed by atoms with Crippen molar-refractivity contribution in [2.45, 2.75) is 59.9 Å². The average molecular weight is 437 g/mol. The number of rotatable bonds is 1. The molecule has 1 aliphatic heterocycles. The number of nitrogens with two attached hydrogens (primary N) is 1. The topological polar surface area (TPSA) is 80.4 Å². The van der Waals surface area contributed by atoms with E-state index in [1.807, 2.05) is 18.2 Å². The number of hydrogen-bond donors (Lipinski definition) is 2. The molecular formula is C26H36N4O2. The van der Waals surface area contributed by atoms with Gasteiger partial charge in [-0.05, 0) is 62.4 Å². The lowest BCUT2D eigenvalue weighted by Crippen LogP contribution is -2.35. The molecule has 1 aromatic heterocycles. The quantitative estimate of drug-likeness (QED) is 0.709. The summed E-state index contributed by atoms with van der Waals surface area (Å²) < 4.78 is 2.28. The maximum absolute atomic E-state index is 13.2. The molecule has 1 aromatic carbocycles. The van der Waals surface area contributed by atoms with Gasteiger partial charge < -0.3 is 20.5 Å². The number of anilines is 1. The number of carbonyl (C=O) groups excluding carboxylic acids is 2. The van der Waals surface area contributed by atoms with Crippen LogP contribution in [0.2, 0.25) is 0 Å². The predicted octanol–water partition coefficient (Wildman–Crippen LogP) is 3.96. The van der Waals surface area contributed by atoms with Crippen LogP contribution < -0.4 is 11.1 Å². The molecule has 1 amide bonds. The number of ketones is 1. The summed E-state index contributed by atoms with van der Waals surface area (Å²) in [4.78, 5) is 27.7. The Labute approximate surface area is 191 Å². The van der Waals surface area contributed by atoms with Crippen molar-refractivity contribution in [3.63, 3.8) is 0 Å². The van der Waals surface area contributed by atoms with Crippen LogP contribution in [0, 0.1) is 18.3 Å². The van der Waals surface area contributed by atoms with Crippen molar-refractivity contribution in [3.8, 4) is 5.69 Å². The average Bonchev–Trinajstić information content (AvgIpc) is 2.95. The van der Waals surface area contributed by atoms with Crippen molar-refractivity contribution in [3.05, 3.63) is 46.3 Å². The molecule has 6 heteroatoms. The van der Waals surface area contributed by atoms with Crippen molar-refractivity contribution in [1.82, 2.24) is 9.47 Å². The number of hydrogen-bond acceptors (Lipinski definition) is 4. The van der Waals surface area contributed by atoms with Crippen LogP contribution in [-0.4, -0.2) is 47.3 Å². The van der Waals surface area contributed by atoms with Crippen LogP contribution in [0.1, 0.15) is 71.8 Å². The van der Waals surface area contributed by atoms with Gasteiger partial charge in [0.25, 0.3) is 5.91 Å². The van der Waals surface area contributed by atoms with Gasteiger partial charge in [-0.2, -0.15) is 0 Å². The van der Waals surface area contributed by atoms with E-state index in [0.717, 1.165) is 54.1 Å².